The Morgan fingerprint density at radius 2 is 2.00 bits per heavy atom. The molecule has 1 aromatic rings. The fourth-order valence-corrected chi connectivity index (χ4v) is 2.13. The number of ether oxygens (including phenoxy) is 2. The van der Waals surface area contributed by atoms with Crippen LogP contribution in [0.5, 0.6) is 11.5 Å². The van der Waals surface area contributed by atoms with Gasteiger partial charge < -0.3 is 9.47 Å². The van der Waals surface area contributed by atoms with Gasteiger partial charge in [-0.2, -0.15) is 0 Å². The molecule has 0 aromatic heterocycles. The highest BCUT2D eigenvalue weighted by Gasteiger charge is 2.15. The third kappa shape index (κ3) is 3.01. The van der Waals surface area contributed by atoms with Gasteiger partial charge in [0.25, 0.3) is 0 Å². The topological polar surface area (TPSA) is 38.8 Å². The van der Waals surface area contributed by atoms with Crippen LogP contribution in [0.25, 0.3) is 0 Å². The van der Waals surface area contributed by atoms with E-state index in [0.717, 1.165) is 24.5 Å². The maximum Gasteiger partial charge on any atom is 0.231 e. The van der Waals surface area contributed by atoms with Gasteiger partial charge in [0.1, 0.15) is 5.78 Å². The Kier molecular flexibility index (Phi) is 3.87. The van der Waals surface area contributed by atoms with Crippen LogP contribution in [0.1, 0.15) is 18.1 Å². The monoisotopic (exact) mass is 249 g/mol. The lowest BCUT2D eigenvalue weighted by Crippen LogP contribution is -2.26. The molecule has 0 amide bonds. The van der Waals surface area contributed by atoms with Gasteiger partial charge in [0, 0.05) is 6.54 Å². The number of hydrogen-bond donors (Lipinski definition) is 0. The van der Waals surface area contributed by atoms with Crippen molar-refractivity contribution in [3.63, 3.8) is 0 Å². The van der Waals surface area contributed by atoms with E-state index in [-0.39, 0.29) is 5.78 Å². The van der Waals surface area contributed by atoms with Crippen LogP contribution in [0, 0.1) is 6.92 Å². The lowest BCUT2D eigenvalue weighted by atomic mass is 10.0. The van der Waals surface area contributed by atoms with Crippen LogP contribution in [-0.4, -0.2) is 37.6 Å². The van der Waals surface area contributed by atoms with Crippen molar-refractivity contribution in [2.45, 2.75) is 20.3 Å². The van der Waals surface area contributed by atoms with E-state index in [2.05, 4.69) is 6.92 Å². The van der Waals surface area contributed by atoms with Crippen LogP contribution in [0.4, 0.5) is 0 Å². The number of benzene rings is 1. The molecule has 4 heteroatoms. The Morgan fingerprint density at radius 1 is 1.33 bits per heavy atom. The van der Waals surface area contributed by atoms with Crippen molar-refractivity contribution < 1.29 is 14.3 Å². The van der Waals surface area contributed by atoms with Crippen LogP contribution in [0.3, 0.4) is 0 Å². The molecule has 4 nitrogen and oxygen atoms in total. The fourth-order valence-electron chi connectivity index (χ4n) is 2.13. The van der Waals surface area contributed by atoms with Gasteiger partial charge in [-0.3, -0.25) is 9.69 Å². The van der Waals surface area contributed by atoms with Crippen molar-refractivity contribution in [3.05, 3.63) is 23.3 Å². The van der Waals surface area contributed by atoms with Crippen molar-refractivity contribution in [1.29, 1.82) is 0 Å². The quantitative estimate of drug-likeness (QED) is 0.797. The summed E-state index contributed by atoms with van der Waals surface area (Å²) in [5.41, 5.74) is 2.45. The number of carbonyl (C=O) groups is 1. The maximum absolute atomic E-state index is 11.0. The fraction of sp³-hybridized carbons (Fsp3) is 0.500. The zero-order chi connectivity index (χ0) is 13.1. The van der Waals surface area contributed by atoms with E-state index >= 15 is 0 Å². The second-order valence-corrected chi connectivity index (χ2v) is 4.82. The standard InChI is InChI=1S/C14H19NO3/c1-10-6-13-14(18-9-17-13)7-12(10)4-5-15(3)8-11(2)16/h6-7H,4-5,8-9H2,1-3H3. The average molecular weight is 249 g/mol. The molecule has 1 heterocycles. The van der Waals surface area contributed by atoms with Crippen molar-refractivity contribution in [3.8, 4) is 11.5 Å². The van der Waals surface area contributed by atoms with Crippen LogP contribution >= 0.6 is 0 Å². The molecule has 0 radical (unpaired) electrons. The summed E-state index contributed by atoms with van der Waals surface area (Å²) in [6, 6.07) is 4.06. The number of likely N-dealkylation sites (N-methyl/N-ethyl adjacent to an activating group) is 1. The normalized spacial score (nSPS) is 13.1. The molecule has 0 atom stereocenters. The molecule has 0 saturated heterocycles. The first-order chi connectivity index (χ1) is 8.56. The SMILES string of the molecule is CC(=O)CN(C)CCc1cc2c(cc1C)OCO2. The molecule has 1 aliphatic rings. The van der Waals surface area contributed by atoms with Gasteiger partial charge in [-0.1, -0.05) is 0 Å². The van der Waals surface area contributed by atoms with Gasteiger partial charge in [0.2, 0.25) is 6.79 Å². The molecule has 0 N–H and O–H groups in total. The highest BCUT2D eigenvalue weighted by atomic mass is 16.7. The molecular weight excluding hydrogens is 230 g/mol. The number of Topliss-reactive ketones (excluding diaryl/α,β-unsaturated/α-hetero) is 1. The molecule has 0 saturated carbocycles. The maximum atomic E-state index is 11.0. The molecule has 0 aliphatic carbocycles. The third-order valence-electron chi connectivity index (χ3n) is 3.09. The highest BCUT2D eigenvalue weighted by Crippen LogP contribution is 2.34. The molecule has 0 spiro atoms. The summed E-state index contributed by atoms with van der Waals surface area (Å²) < 4.78 is 10.7. The third-order valence-corrected chi connectivity index (χ3v) is 3.09. The van der Waals surface area contributed by atoms with E-state index in [1.54, 1.807) is 6.92 Å². The molecule has 2 rings (SSSR count). The largest absolute Gasteiger partial charge is 0.454 e. The van der Waals surface area contributed by atoms with Gasteiger partial charge in [0.05, 0.1) is 6.54 Å². The van der Waals surface area contributed by atoms with Crippen molar-refractivity contribution in [2.24, 2.45) is 0 Å². The first-order valence-electron chi connectivity index (χ1n) is 6.13. The van der Waals surface area contributed by atoms with Crippen molar-refractivity contribution >= 4 is 5.78 Å². The predicted molar refractivity (Wildman–Crippen MR) is 69.2 cm³/mol. The number of carbonyl (C=O) groups excluding carboxylic acids is 1. The zero-order valence-electron chi connectivity index (χ0n) is 11.2. The lowest BCUT2D eigenvalue weighted by Gasteiger charge is -2.15. The van der Waals surface area contributed by atoms with Crippen LogP contribution in [0.15, 0.2) is 12.1 Å². The summed E-state index contributed by atoms with van der Waals surface area (Å²) in [7, 11) is 1.96. The first-order valence-corrected chi connectivity index (χ1v) is 6.13. The number of nitrogens with zero attached hydrogens (tertiary/aromatic N) is 1. The van der Waals surface area contributed by atoms with Gasteiger partial charge in [-0.05, 0) is 50.6 Å². The Balaban J connectivity index is 1.99. The minimum Gasteiger partial charge on any atom is -0.454 e. The summed E-state index contributed by atoms with van der Waals surface area (Å²) >= 11 is 0. The van der Waals surface area contributed by atoms with E-state index in [1.807, 2.05) is 24.1 Å². The molecule has 18 heavy (non-hydrogen) atoms. The summed E-state index contributed by atoms with van der Waals surface area (Å²) in [4.78, 5) is 13.0. The summed E-state index contributed by atoms with van der Waals surface area (Å²) in [6.07, 6.45) is 0.909. The van der Waals surface area contributed by atoms with E-state index in [9.17, 15) is 4.79 Å². The number of ketones is 1. The first kappa shape index (κ1) is 12.9. The number of hydrogen-bond acceptors (Lipinski definition) is 4. The minimum absolute atomic E-state index is 0.194. The van der Waals surface area contributed by atoms with E-state index in [1.165, 1.54) is 11.1 Å². The van der Waals surface area contributed by atoms with Crippen molar-refractivity contribution in [2.75, 3.05) is 26.9 Å². The summed E-state index contributed by atoms with van der Waals surface area (Å²) in [6.45, 7) is 5.36. The zero-order valence-corrected chi connectivity index (χ0v) is 11.2. The van der Waals surface area contributed by atoms with E-state index < -0.39 is 0 Å². The Hall–Kier alpha value is -1.55. The Bertz CT molecular complexity index is 457. The Morgan fingerprint density at radius 3 is 2.67 bits per heavy atom. The molecule has 0 unspecified atom stereocenters. The van der Waals surface area contributed by atoms with E-state index in [0.29, 0.717) is 13.3 Å². The molecule has 0 fully saturated rings. The van der Waals surface area contributed by atoms with Crippen LogP contribution in [0.2, 0.25) is 0 Å². The second kappa shape index (κ2) is 5.40. The second-order valence-electron chi connectivity index (χ2n) is 4.82. The minimum atomic E-state index is 0.194. The van der Waals surface area contributed by atoms with Crippen LogP contribution in [-0.2, 0) is 11.2 Å². The molecule has 98 valence electrons. The Labute approximate surface area is 107 Å². The number of rotatable bonds is 5. The van der Waals surface area contributed by atoms with E-state index in [4.69, 9.17) is 9.47 Å². The number of aryl methyl sites for hydroxylation is 1. The summed E-state index contributed by atoms with van der Waals surface area (Å²) in [5.74, 6) is 1.85. The summed E-state index contributed by atoms with van der Waals surface area (Å²) in [5, 5.41) is 0. The van der Waals surface area contributed by atoms with Gasteiger partial charge in [-0.25, -0.2) is 0 Å². The molecular formula is C14H19NO3. The van der Waals surface area contributed by atoms with Crippen LogP contribution < -0.4 is 9.47 Å². The molecule has 1 aromatic carbocycles. The molecule has 0 bridgehead atoms. The number of fused-ring (bicyclic) bond motifs is 1. The average Bonchev–Trinajstić information content (AvgIpc) is 2.71. The smallest absolute Gasteiger partial charge is 0.231 e. The lowest BCUT2D eigenvalue weighted by molar-refractivity contribution is -0.117. The van der Waals surface area contributed by atoms with Gasteiger partial charge >= 0.3 is 0 Å². The predicted octanol–water partition coefficient (Wildman–Crippen LogP) is 1.79. The molecule has 1 aliphatic heterocycles. The van der Waals surface area contributed by atoms with Crippen molar-refractivity contribution in [1.82, 2.24) is 4.90 Å². The van der Waals surface area contributed by atoms with Gasteiger partial charge in [0.15, 0.2) is 11.5 Å². The van der Waals surface area contributed by atoms with Gasteiger partial charge in [-0.15, -0.1) is 0 Å². The highest BCUT2D eigenvalue weighted by molar-refractivity contribution is 5.77.